The molecule has 5 rings (SSSR count). The van der Waals surface area contributed by atoms with Gasteiger partial charge < -0.3 is 24.5 Å². The lowest BCUT2D eigenvalue weighted by molar-refractivity contribution is -0.113. The number of benzene rings is 2. The van der Waals surface area contributed by atoms with Gasteiger partial charge in [-0.25, -0.2) is 4.79 Å². The van der Waals surface area contributed by atoms with Crippen LogP contribution in [0.5, 0.6) is 17.2 Å². The summed E-state index contributed by atoms with van der Waals surface area (Å²) < 4.78 is 18.4. The number of nitrogens with zero attached hydrogens (tertiary/aromatic N) is 3. The monoisotopic (exact) mass is 536 g/mol. The standard InChI is InChI=1S/C25H24N6O6S/c1-2-35-18-6-4-17(5-7-18)31-21(12-16-13-22(32)28-24(34)27-16)29-30-25(31)38-14-23(33)26-15-3-8-19-20(11-15)37-10-9-36-19/h3-8,11,13H,2,9-10,12,14H2,1H3,(H,26,33)(H2,27,28,32,34). The lowest BCUT2D eigenvalue weighted by Crippen LogP contribution is -2.23. The molecule has 0 bridgehead atoms. The summed E-state index contributed by atoms with van der Waals surface area (Å²) in [6.07, 6.45) is 0.142. The van der Waals surface area contributed by atoms with E-state index in [0.29, 0.717) is 59.4 Å². The van der Waals surface area contributed by atoms with Crippen LogP contribution in [0.25, 0.3) is 5.69 Å². The van der Waals surface area contributed by atoms with Crippen LogP contribution in [0.4, 0.5) is 5.69 Å². The molecule has 1 amide bonds. The highest BCUT2D eigenvalue weighted by atomic mass is 32.2. The summed E-state index contributed by atoms with van der Waals surface area (Å²) in [7, 11) is 0. The van der Waals surface area contributed by atoms with Gasteiger partial charge in [-0.1, -0.05) is 11.8 Å². The van der Waals surface area contributed by atoms with E-state index >= 15 is 0 Å². The molecule has 0 atom stereocenters. The summed E-state index contributed by atoms with van der Waals surface area (Å²) in [4.78, 5) is 41.0. The Hall–Kier alpha value is -4.52. The summed E-state index contributed by atoms with van der Waals surface area (Å²) >= 11 is 1.20. The van der Waals surface area contributed by atoms with Crippen LogP contribution in [0.2, 0.25) is 0 Å². The van der Waals surface area contributed by atoms with Crippen LogP contribution >= 0.6 is 11.8 Å². The van der Waals surface area contributed by atoms with Crippen molar-refractivity contribution in [1.82, 2.24) is 24.7 Å². The zero-order chi connectivity index (χ0) is 26.5. The molecule has 38 heavy (non-hydrogen) atoms. The van der Waals surface area contributed by atoms with Gasteiger partial charge in [0.2, 0.25) is 5.91 Å². The van der Waals surface area contributed by atoms with Crippen molar-refractivity contribution in [1.29, 1.82) is 0 Å². The number of anilines is 1. The number of rotatable bonds is 9. The molecule has 3 N–H and O–H groups in total. The molecule has 0 saturated heterocycles. The number of carbonyl (C=O) groups excluding carboxylic acids is 1. The molecule has 0 radical (unpaired) electrons. The zero-order valence-electron chi connectivity index (χ0n) is 20.4. The molecular formula is C25H24N6O6S. The predicted molar refractivity (Wildman–Crippen MR) is 140 cm³/mol. The van der Waals surface area contributed by atoms with E-state index in [0.717, 1.165) is 5.69 Å². The Kier molecular flexibility index (Phi) is 7.45. The van der Waals surface area contributed by atoms with E-state index in [1.54, 1.807) is 22.8 Å². The summed E-state index contributed by atoms with van der Waals surface area (Å²) in [5.41, 5.74) is 0.583. The quantitative estimate of drug-likeness (QED) is 0.273. The minimum absolute atomic E-state index is 0.0610. The zero-order valence-corrected chi connectivity index (χ0v) is 21.2. The Labute approximate surface area is 220 Å². The Bertz CT molecular complexity index is 1530. The molecule has 1 aliphatic rings. The second kappa shape index (κ2) is 11.3. The molecule has 0 spiro atoms. The van der Waals surface area contributed by atoms with Crippen molar-refractivity contribution in [3.05, 3.63) is 80.9 Å². The fourth-order valence-corrected chi connectivity index (χ4v) is 4.63. The molecule has 3 heterocycles. The number of fused-ring (bicyclic) bond motifs is 1. The smallest absolute Gasteiger partial charge is 0.325 e. The highest BCUT2D eigenvalue weighted by Crippen LogP contribution is 2.33. The highest BCUT2D eigenvalue weighted by molar-refractivity contribution is 7.99. The molecular weight excluding hydrogens is 512 g/mol. The van der Waals surface area contributed by atoms with Crippen molar-refractivity contribution in [2.75, 3.05) is 30.9 Å². The Morgan fingerprint density at radius 2 is 1.84 bits per heavy atom. The lowest BCUT2D eigenvalue weighted by Gasteiger charge is -2.19. The van der Waals surface area contributed by atoms with E-state index in [4.69, 9.17) is 14.2 Å². The van der Waals surface area contributed by atoms with Crippen LogP contribution in [-0.4, -0.2) is 56.2 Å². The number of amides is 1. The molecule has 196 valence electrons. The largest absolute Gasteiger partial charge is 0.494 e. The molecule has 2 aromatic heterocycles. The number of nitrogens with one attached hydrogen (secondary N) is 3. The molecule has 0 saturated carbocycles. The Morgan fingerprint density at radius 1 is 1.05 bits per heavy atom. The second-order valence-electron chi connectivity index (χ2n) is 8.15. The van der Waals surface area contributed by atoms with Gasteiger partial charge in [0.1, 0.15) is 24.8 Å². The molecule has 13 heteroatoms. The van der Waals surface area contributed by atoms with Crippen molar-refractivity contribution in [3.8, 4) is 22.9 Å². The Morgan fingerprint density at radius 3 is 2.61 bits per heavy atom. The number of hydrogen-bond acceptors (Lipinski definition) is 9. The van der Waals surface area contributed by atoms with Crippen molar-refractivity contribution >= 4 is 23.4 Å². The first-order valence-corrected chi connectivity index (χ1v) is 12.8. The van der Waals surface area contributed by atoms with Gasteiger partial charge in [0.25, 0.3) is 5.56 Å². The number of hydrogen-bond donors (Lipinski definition) is 3. The van der Waals surface area contributed by atoms with Crippen LogP contribution in [-0.2, 0) is 11.2 Å². The SMILES string of the molecule is CCOc1ccc(-n2c(Cc3cc(=O)[nH]c(=O)[nH]3)nnc2SCC(=O)Nc2ccc3c(c2)OCCO3)cc1. The molecule has 4 aromatic rings. The maximum absolute atomic E-state index is 12.7. The van der Waals surface area contributed by atoms with Gasteiger partial charge in [-0.05, 0) is 43.3 Å². The second-order valence-corrected chi connectivity index (χ2v) is 9.09. The number of carbonyl (C=O) groups is 1. The predicted octanol–water partition coefficient (Wildman–Crippen LogP) is 2.14. The minimum atomic E-state index is -0.606. The van der Waals surface area contributed by atoms with Gasteiger partial charge in [0, 0.05) is 35.6 Å². The van der Waals surface area contributed by atoms with Crippen LogP contribution in [0.15, 0.2) is 63.3 Å². The van der Waals surface area contributed by atoms with Gasteiger partial charge >= 0.3 is 5.69 Å². The van der Waals surface area contributed by atoms with Crippen molar-refractivity contribution < 1.29 is 19.0 Å². The maximum Gasteiger partial charge on any atom is 0.325 e. The average Bonchev–Trinajstić information content (AvgIpc) is 3.29. The van der Waals surface area contributed by atoms with Crippen LogP contribution in [0.1, 0.15) is 18.4 Å². The molecule has 1 aliphatic heterocycles. The summed E-state index contributed by atoms with van der Waals surface area (Å²) in [6.45, 7) is 3.38. The first kappa shape index (κ1) is 25.1. The van der Waals surface area contributed by atoms with E-state index in [1.165, 1.54) is 17.8 Å². The molecule has 0 unspecified atom stereocenters. The summed E-state index contributed by atoms with van der Waals surface area (Å²) in [6, 6.07) is 13.9. The average molecular weight is 537 g/mol. The van der Waals surface area contributed by atoms with Gasteiger partial charge in [0.05, 0.1) is 12.4 Å². The fraction of sp³-hybridized carbons (Fsp3) is 0.240. The van der Waals surface area contributed by atoms with Crippen LogP contribution in [0, 0.1) is 0 Å². The fourth-order valence-electron chi connectivity index (χ4n) is 3.86. The first-order chi connectivity index (χ1) is 18.5. The molecule has 12 nitrogen and oxygen atoms in total. The van der Waals surface area contributed by atoms with Gasteiger partial charge in [-0.3, -0.25) is 19.1 Å². The third-order valence-electron chi connectivity index (χ3n) is 5.43. The molecule has 2 aromatic carbocycles. The number of thioether (sulfide) groups is 1. The number of aromatic nitrogens is 5. The number of aromatic amines is 2. The van der Waals surface area contributed by atoms with Crippen LogP contribution < -0.4 is 30.8 Å². The van der Waals surface area contributed by atoms with E-state index < -0.39 is 11.2 Å². The normalized spacial score (nSPS) is 12.2. The summed E-state index contributed by atoms with van der Waals surface area (Å²) in [5.74, 6) is 2.22. The van der Waals surface area contributed by atoms with E-state index in [9.17, 15) is 14.4 Å². The minimum Gasteiger partial charge on any atom is -0.494 e. The number of H-pyrrole nitrogens is 2. The summed E-state index contributed by atoms with van der Waals surface area (Å²) in [5, 5.41) is 11.9. The first-order valence-electron chi connectivity index (χ1n) is 11.8. The van der Waals surface area contributed by atoms with Gasteiger partial charge in [0.15, 0.2) is 16.7 Å². The van der Waals surface area contributed by atoms with Crippen molar-refractivity contribution in [3.63, 3.8) is 0 Å². The van der Waals surface area contributed by atoms with Gasteiger partial charge in [-0.15, -0.1) is 10.2 Å². The van der Waals surface area contributed by atoms with Crippen molar-refractivity contribution in [2.24, 2.45) is 0 Å². The van der Waals surface area contributed by atoms with E-state index in [-0.39, 0.29) is 18.1 Å². The maximum atomic E-state index is 12.7. The third kappa shape index (κ3) is 5.89. The molecule has 0 fully saturated rings. The van der Waals surface area contributed by atoms with Crippen LogP contribution in [0.3, 0.4) is 0 Å². The topological polar surface area (TPSA) is 153 Å². The third-order valence-corrected chi connectivity index (χ3v) is 6.36. The lowest BCUT2D eigenvalue weighted by atomic mass is 10.2. The van der Waals surface area contributed by atoms with Gasteiger partial charge in [-0.2, -0.15) is 0 Å². The highest BCUT2D eigenvalue weighted by Gasteiger charge is 2.18. The van der Waals surface area contributed by atoms with E-state index in [1.807, 2.05) is 31.2 Å². The Balaban J connectivity index is 1.36. The van der Waals surface area contributed by atoms with E-state index in [2.05, 4.69) is 25.5 Å². The van der Waals surface area contributed by atoms with Crippen molar-refractivity contribution in [2.45, 2.75) is 18.5 Å². The number of ether oxygens (including phenoxy) is 3. The molecule has 0 aliphatic carbocycles.